The van der Waals surface area contributed by atoms with E-state index in [0.717, 1.165) is 6.42 Å². The molecule has 0 amide bonds. The molecule has 1 aliphatic heterocycles. The fourth-order valence-electron chi connectivity index (χ4n) is 3.02. The van der Waals surface area contributed by atoms with Crippen molar-refractivity contribution in [1.82, 2.24) is 0 Å². The minimum Gasteiger partial charge on any atom is -0.480 e. The monoisotopic (exact) mass is 212 g/mol. The first-order valence-electron chi connectivity index (χ1n) is 5.19. The number of fused-ring (bicyclic) bond motifs is 2. The van der Waals surface area contributed by atoms with Crippen molar-refractivity contribution in [3.8, 4) is 0 Å². The summed E-state index contributed by atoms with van der Waals surface area (Å²) in [5.74, 6) is -1.60. The van der Waals surface area contributed by atoms with Crippen molar-refractivity contribution in [1.29, 1.82) is 0 Å². The van der Waals surface area contributed by atoms with Gasteiger partial charge in [0.1, 0.15) is 0 Å². The Morgan fingerprint density at radius 3 is 2.40 bits per heavy atom. The highest BCUT2D eigenvalue weighted by Gasteiger charge is 2.72. The van der Waals surface area contributed by atoms with Crippen molar-refractivity contribution in [2.45, 2.75) is 33.6 Å². The van der Waals surface area contributed by atoms with Crippen molar-refractivity contribution in [2.75, 3.05) is 6.61 Å². The van der Waals surface area contributed by atoms with E-state index < -0.39 is 22.8 Å². The molecule has 2 rings (SSSR count). The Morgan fingerprint density at radius 1 is 1.33 bits per heavy atom. The lowest BCUT2D eigenvalue weighted by atomic mass is 9.57. The van der Waals surface area contributed by atoms with Gasteiger partial charge in [0.15, 0.2) is 5.41 Å². The summed E-state index contributed by atoms with van der Waals surface area (Å²) in [7, 11) is 0. The molecule has 1 heterocycles. The van der Waals surface area contributed by atoms with Gasteiger partial charge in [-0.05, 0) is 12.8 Å². The Balaban J connectivity index is 2.61. The molecule has 0 aromatic carbocycles. The predicted octanol–water partition coefficient (Wildman–Crippen LogP) is 1.44. The molecule has 0 spiro atoms. The van der Waals surface area contributed by atoms with Crippen molar-refractivity contribution in [3.05, 3.63) is 0 Å². The molecule has 2 atom stereocenters. The topological polar surface area (TPSA) is 63.6 Å². The van der Waals surface area contributed by atoms with E-state index in [0.29, 0.717) is 13.0 Å². The van der Waals surface area contributed by atoms with Crippen LogP contribution in [0.4, 0.5) is 0 Å². The van der Waals surface area contributed by atoms with Crippen LogP contribution in [0.3, 0.4) is 0 Å². The molecule has 2 fully saturated rings. The molecule has 2 bridgehead atoms. The smallest absolute Gasteiger partial charge is 0.324 e. The zero-order valence-electron chi connectivity index (χ0n) is 9.29. The Bertz CT molecular complexity index is 346. The van der Waals surface area contributed by atoms with Crippen LogP contribution in [0.1, 0.15) is 33.6 Å². The SMILES string of the molecule is CC12CCC(C(=O)O)(C(=O)OC1)C2(C)C. The summed E-state index contributed by atoms with van der Waals surface area (Å²) < 4.78 is 5.05. The van der Waals surface area contributed by atoms with Gasteiger partial charge in [0.2, 0.25) is 0 Å². The molecule has 0 radical (unpaired) electrons. The lowest BCUT2D eigenvalue weighted by molar-refractivity contribution is -0.196. The number of carbonyl (C=O) groups excluding carboxylic acids is 1. The van der Waals surface area contributed by atoms with Crippen LogP contribution in [-0.2, 0) is 14.3 Å². The minimum absolute atomic E-state index is 0.209. The Morgan fingerprint density at radius 2 is 1.93 bits per heavy atom. The van der Waals surface area contributed by atoms with Crippen LogP contribution in [0.25, 0.3) is 0 Å². The van der Waals surface area contributed by atoms with Crippen LogP contribution in [0.15, 0.2) is 0 Å². The maximum atomic E-state index is 11.8. The molecular weight excluding hydrogens is 196 g/mol. The highest BCUT2D eigenvalue weighted by atomic mass is 16.5. The lowest BCUT2D eigenvalue weighted by Crippen LogP contribution is -2.57. The molecule has 4 nitrogen and oxygen atoms in total. The predicted molar refractivity (Wildman–Crippen MR) is 52.1 cm³/mol. The van der Waals surface area contributed by atoms with E-state index in [1.165, 1.54) is 0 Å². The first-order valence-corrected chi connectivity index (χ1v) is 5.19. The van der Waals surface area contributed by atoms with Crippen LogP contribution in [0.5, 0.6) is 0 Å². The number of esters is 1. The third-order valence-electron chi connectivity index (χ3n) is 4.86. The zero-order chi connectivity index (χ0) is 11.5. The van der Waals surface area contributed by atoms with Gasteiger partial charge >= 0.3 is 11.9 Å². The second-order valence-corrected chi connectivity index (χ2v) is 5.47. The maximum absolute atomic E-state index is 11.8. The molecule has 84 valence electrons. The van der Waals surface area contributed by atoms with Gasteiger partial charge in [-0.2, -0.15) is 0 Å². The average molecular weight is 212 g/mol. The van der Waals surface area contributed by atoms with Gasteiger partial charge in [-0.25, -0.2) is 0 Å². The molecule has 15 heavy (non-hydrogen) atoms. The van der Waals surface area contributed by atoms with Gasteiger partial charge in [0.05, 0.1) is 6.61 Å². The summed E-state index contributed by atoms with van der Waals surface area (Å²) in [4.78, 5) is 23.2. The minimum atomic E-state index is -1.33. The molecular formula is C11H16O4. The summed E-state index contributed by atoms with van der Waals surface area (Å²) in [5.41, 5.74) is -2.08. The third kappa shape index (κ3) is 0.880. The van der Waals surface area contributed by atoms with E-state index in [-0.39, 0.29) is 5.41 Å². The van der Waals surface area contributed by atoms with Gasteiger partial charge in [-0.1, -0.05) is 20.8 Å². The molecule has 1 N–H and O–H groups in total. The van der Waals surface area contributed by atoms with Crippen LogP contribution in [0.2, 0.25) is 0 Å². The second kappa shape index (κ2) is 2.54. The molecule has 4 heteroatoms. The van der Waals surface area contributed by atoms with E-state index in [9.17, 15) is 14.7 Å². The van der Waals surface area contributed by atoms with Gasteiger partial charge in [-0.15, -0.1) is 0 Å². The van der Waals surface area contributed by atoms with Crippen LogP contribution < -0.4 is 0 Å². The van der Waals surface area contributed by atoms with Crippen molar-refractivity contribution >= 4 is 11.9 Å². The molecule has 1 saturated heterocycles. The van der Waals surface area contributed by atoms with Crippen LogP contribution >= 0.6 is 0 Å². The molecule has 1 saturated carbocycles. The zero-order valence-corrected chi connectivity index (χ0v) is 9.29. The number of hydrogen-bond donors (Lipinski definition) is 1. The Kier molecular flexibility index (Phi) is 1.77. The maximum Gasteiger partial charge on any atom is 0.324 e. The fourth-order valence-corrected chi connectivity index (χ4v) is 3.02. The van der Waals surface area contributed by atoms with Crippen molar-refractivity contribution < 1.29 is 19.4 Å². The summed E-state index contributed by atoms with van der Waals surface area (Å²) in [6, 6.07) is 0. The summed E-state index contributed by atoms with van der Waals surface area (Å²) in [6.45, 7) is 6.08. The van der Waals surface area contributed by atoms with E-state index in [2.05, 4.69) is 0 Å². The number of cyclic esters (lactones) is 1. The quantitative estimate of drug-likeness (QED) is 0.527. The standard InChI is InChI=1S/C11H16O4/c1-9(2)10(3)4-5-11(9,7(12)13)8(14)15-6-10/h4-6H2,1-3H3,(H,12,13). The Labute approximate surface area is 88.6 Å². The second-order valence-electron chi connectivity index (χ2n) is 5.47. The fraction of sp³-hybridized carbons (Fsp3) is 0.818. The number of carboxylic acid groups (broad SMARTS) is 1. The first kappa shape index (κ1) is 10.5. The van der Waals surface area contributed by atoms with E-state index in [4.69, 9.17) is 4.74 Å². The summed E-state index contributed by atoms with van der Waals surface area (Å²) in [6.07, 6.45) is 1.13. The number of aliphatic carboxylic acids is 1. The number of hydrogen-bond acceptors (Lipinski definition) is 3. The number of ether oxygens (including phenoxy) is 1. The third-order valence-corrected chi connectivity index (χ3v) is 4.86. The molecule has 2 unspecified atom stereocenters. The largest absolute Gasteiger partial charge is 0.480 e. The van der Waals surface area contributed by atoms with Crippen molar-refractivity contribution in [3.63, 3.8) is 0 Å². The molecule has 0 aromatic rings. The van der Waals surface area contributed by atoms with E-state index >= 15 is 0 Å². The highest BCUT2D eigenvalue weighted by molar-refractivity contribution is 6.01. The van der Waals surface area contributed by atoms with Crippen molar-refractivity contribution in [2.24, 2.45) is 16.2 Å². The number of rotatable bonds is 1. The van der Waals surface area contributed by atoms with Gasteiger partial charge in [-0.3, -0.25) is 9.59 Å². The normalized spacial score (nSPS) is 42.5. The lowest BCUT2D eigenvalue weighted by Gasteiger charge is -2.48. The molecule has 0 aromatic heterocycles. The first-order chi connectivity index (χ1) is 6.78. The van der Waals surface area contributed by atoms with Crippen LogP contribution in [0, 0.1) is 16.2 Å². The Hall–Kier alpha value is -1.06. The van der Waals surface area contributed by atoms with Gasteiger partial charge in [0, 0.05) is 10.8 Å². The van der Waals surface area contributed by atoms with Gasteiger partial charge in [0.25, 0.3) is 0 Å². The number of carboxylic acids is 1. The van der Waals surface area contributed by atoms with Crippen LogP contribution in [-0.4, -0.2) is 23.7 Å². The van der Waals surface area contributed by atoms with E-state index in [1.807, 2.05) is 20.8 Å². The molecule has 2 aliphatic rings. The average Bonchev–Trinajstić information content (AvgIpc) is 2.27. The number of carbonyl (C=O) groups is 2. The summed E-state index contributed by atoms with van der Waals surface area (Å²) in [5, 5.41) is 9.34. The van der Waals surface area contributed by atoms with E-state index in [1.54, 1.807) is 0 Å². The molecule has 1 aliphatic carbocycles. The van der Waals surface area contributed by atoms with Gasteiger partial charge < -0.3 is 9.84 Å². The highest BCUT2D eigenvalue weighted by Crippen LogP contribution is 2.65. The summed E-state index contributed by atoms with van der Waals surface area (Å²) >= 11 is 0.